The van der Waals surface area contributed by atoms with Crippen molar-refractivity contribution in [1.29, 1.82) is 0 Å². The number of rotatable bonds is 11. The van der Waals surface area contributed by atoms with Crippen molar-refractivity contribution in [3.63, 3.8) is 0 Å². The fraction of sp³-hybridized carbons (Fsp3) is 0.875. The van der Waals surface area contributed by atoms with Crippen molar-refractivity contribution in [1.82, 2.24) is 9.80 Å². The van der Waals surface area contributed by atoms with Crippen LogP contribution in [0.1, 0.15) is 71.6 Å². The fourth-order valence-corrected chi connectivity index (χ4v) is 2.49. The van der Waals surface area contributed by atoms with E-state index < -0.39 is 0 Å². The highest BCUT2D eigenvalue weighted by Crippen LogP contribution is 2.11. The summed E-state index contributed by atoms with van der Waals surface area (Å²) in [5.41, 5.74) is 0. The van der Waals surface area contributed by atoms with E-state index >= 15 is 0 Å². The molecule has 0 amide bonds. The van der Waals surface area contributed by atoms with Gasteiger partial charge in [0.1, 0.15) is 0 Å². The predicted molar refractivity (Wildman–Crippen MR) is 80.3 cm³/mol. The highest BCUT2D eigenvalue weighted by atomic mass is 15.3. The van der Waals surface area contributed by atoms with Crippen molar-refractivity contribution in [2.75, 3.05) is 19.8 Å². The van der Waals surface area contributed by atoms with Crippen LogP contribution < -0.4 is 0 Å². The Morgan fingerprint density at radius 1 is 0.722 bits per heavy atom. The molecule has 0 spiro atoms. The monoisotopic (exact) mass is 252 g/mol. The second-order valence-corrected chi connectivity index (χ2v) is 5.49. The van der Waals surface area contributed by atoms with Crippen molar-refractivity contribution >= 4 is 0 Å². The van der Waals surface area contributed by atoms with Crippen LogP contribution in [0.25, 0.3) is 0 Å². The molecule has 0 atom stereocenters. The third kappa shape index (κ3) is 6.93. The van der Waals surface area contributed by atoms with Crippen LogP contribution in [0.5, 0.6) is 0 Å². The quantitative estimate of drug-likeness (QED) is 0.496. The van der Waals surface area contributed by atoms with Crippen LogP contribution in [-0.4, -0.2) is 29.6 Å². The number of hydrogen-bond acceptors (Lipinski definition) is 2. The summed E-state index contributed by atoms with van der Waals surface area (Å²) in [6.07, 6.45) is 17.2. The van der Waals surface area contributed by atoms with E-state index in [4.69, 9.17) is 0 Å². The number of hydrogen-bond donors (Lipinski definition) is 0. The minimum atomic E-state index is 1.10. The van der Waals surface area contributed by atoms with Crippen molar-refractivity contribution in [3.8, 4) is 0 Å². The van der Waals surface area contributed by atoms with Gasteiger partial charge in [0, 0.05) is 25.5 Å². The van der Waals surface area contributed by atoms with Crippen molar-refractivity contribution < 1.29 is 0 Å². The standard InChI is InChI=1S/C16H32N2/c1-3-5-6-7-8-9-10-11-12-13-18-15-14-17(4-2)16-18/h14-15H,3-13,16H2,1-2H3. The van der Waals surface area contributed by atoms with Crippen molar-refractivity contribution in [3.05, 3.63) is 12.4 Å². The largest absolute Gasteiger partial charge is 0.359 e. The molecule has 0 N–H and O–H groups in total. The second-order valence-electron chi connectivity index (χ2n) is 5.49. The first kappa shape index (κ1) is 15.4. The molecule has 0 aromatic rings. The van der Waals surface area contributed by atoms with E-state index in [1.165, 1.54) is 64.3 Å². The van der Waals surface area contributed by atoms with E-state index in [9.17, 15) is 0 Å². The lowest BCUT2D eigenvalue weighted by molar-refractivity contribution is 0.268. The summed E-state index contributed by atoms with van der Waals surface area (Å²) in [5.74, 6) is 0. The molecule has 0 unspecified atom stereocenters. The van der Waals surface area contributed by atoms with Gasteiger partial charge in [0.05, 0.1) is 6.67 Å². The Morgan fingerprint density at radius 2 is 1.28 bits per heavy atom. The van der Waals surface area contributed by atoms with Gasteiger partial charge in [-0.25, -0.2) is 0 Å². The highest BCUT2D eigenvalue weighted by molar-refractivity contribution is 4.89. The molecule has 106 valence electrons. The SMILES string of the molecule is CCCCCCCCCCCN1C=CN(CC)C1. The van der Waals surface area contributed by atoms with Crippen LogP contribution in [0.2, 0.25) is 0 Å². The van der Waals surface area contributed by atoms with Crippen molar-refractivity contribution in [2.24, 2.45) is 0 Å². The fourth-order valence-electron chi connectivity index (χ4n) is 2.49. The molecular formula is C16H32N2. The van der Waals surface area contributed by atoms with Crippen molar-refractivity contribution in [2.45, 2.75) is 71.6 Å². The summed E-state index contributed by atoms with van der Waals surface area (Å²) < 4.78 is 0. The average molecular weight is 252 g/mol. The minimum absolute atomic E-state index is 1.10. The molecule has 1 aliphatic heterocycles. The van der Waals surface area contributed by atoms with E-state index in [2.05, 4.69) is 36.0 Å². The van der Waals surface area contributed by atoms with Crippen LogP contribution in [-0.2, 0) is 0 Å². The smallest absolute Gasteiger partial charge is 0.0893 e. The Bertz CT molecular complexity index is 213. The lowest BCUT2D eigenvalue weighted by Crippen LogP contribution is -2.25. The van der Waals surface area contributed by atoms with E-state index in [-0.39, 0.29) is 0 Å². The summed E-state index contributed by atoms with van der Waals surface area (Å²) >= 11 is 0. The zero-order valence-corrected chi connectivity index (χ0v) is 12.5. The zero-order chi connectivity index (χ0) is 13.1. The van der Waals surface area contributed by atoms with Gasteiger partial charge in [0.2, 0.25) is 0 Å². The summed E-state index contributed by atoms with van der Waals surface area (Å²) in [6, 6.07) is 0. The van der Waals surface area contributed by atoms with Gasteiger partial charge in [-0.2, -0.15) is 0 Å². The predicted octanol–water partition coefficient (Wildman–Crippen LogP) is 4.58. The summed E-state index contributed by atoms with van der Waals surface area (Å²) in [5, 5.41) is 0. The summed E-state index contributed by atoms with van der Waals surface area (Å²) in [6.45, 7) is 7.97. The summed E-state index contributed by atoms with van der Waals surface area (Å²) in [4.78, 5) is 4.79. The van der Waals surface area contributed by atoms with E-state index in [1.807, 2.05) is 0 Å². The van der Waals surface area contributed by atoms with Gasteiger partial charge < -0.3 is 9.80 Å². The van der Waals surface area contributed by atoms with Gasteiger partial charge in [-0.1, -0.05) is 58.3 Å². The van der Waals surface area contributed by atoms with Gasteiger partial charge >= 0.3 is 0 Å². The first-order chi connectivity index (χ1) is 8.86. The average Bonchev–Trinajstić information content (AvgIpc) is 2.85. The molecule has 18 heavy (non-hydrogen) atoms. The number of nitrogens with zero attached hydrogens (tertiary/aromatic N) is 2. The van der Waals surface area contributed by atoms with Crippen LogP contribution in [0, 0.1) is 0 Å². The Morgan fingerprint density at radius 3 is 1.83 bits per heavy atom. The topological polar surface area (TPSA) is 6.48 Å². The molecule has 0 bridgehead atoms. The van der Waals surface area contributed by atoms with Gasteiger partial charge in [0.25, 0.3) is 0 Å². The molecular weight excluding hydrogens is 220 g/mol. The highest BCUT2D eigenvalue weighted by Gasteiger charge is 2.08. The van der Waals surface area contributed by atoms with Crippen LogP contribution in [0.15, 0.2) is 12.4 Å². The second kappa shape index (κ2) is 10.3. The zero-order valence-electron chi connectivity index (χ0n) is 12.5. The van der Waals surface area contributed by atoms with Crippen LogP contribution in [0.3, 0.4) is 0 Å². The Kier molecular flexibility index (Phi) is 8.79. The summed E-state index contributed by atoms with van der Waals surface area (Å²) in [7, 11) is 0. The van der Waals surface area contributed by atoms with E-state index in [0.29, 0.717) is 0 Å². The molecule has 0 aromatic heterocycles. The third-order valence-electron chi connectivity index (χ3n) is 3.81. The normalized spacial score (nSPS) is 14.8. The maximum atomic E-state index is 2.44. The van der Waals surface area contributed by atoms with Crippen LogP contribution in [0.4, 0.5) is 0 Å². The lowest BCUT2D eigenvalue weighted by Gasteiger charge is -2.19. The maximum Gasteiger partial charge on any atom is 0.0893 e. The molecule has 1 rings (SSSR count). The molecule has 0 aliphatic carbocycles. The Labute approximate surface area is 114 Å². The first-order valence-electron chi connectivity index (χ1n) is 8.03. The first-order valence-corrected chi connectivity index (χ1v) is 8.03. The molecule has 1 aliphatic rings. The molecule has 2 heteroatoms. The van der Waals surface area contributed by atoms with E-state index in [1.54, 1.807) is 0 Å². The van der Waals surface area contributed by atoms with Gasteiger partial charge in [-0.05, 0) is 13.3 Å². The Balaban J connectivity index is 1.81. The lowest BCUT2D eigenvalue weighted by atomic mass is 10.1. The van der Waals surface area contributed by atoms with Gasteiger partial charge in [0.15, 0.2) is 0 Å². The molecule has 0 fully saturated rings. The Hall–Kier alpha value is -0.660. The molecule has 0 radical (unpaired) electrons. The van der Waals surface area contributed by atoms with Crippen LogP contribution >= 0.6 is 0 Å². The van der Waals surface area contributed by atoms with Gasteiger partial charge in [-0.3, -0.25) is 0 Å². The molecule has 0 saturated heterocycles. The molecule has 2 nitrogen and oxygen atoms in total. The molecule has 1 heterocycles. The number of unbranched alkanes of at least 4 members (excludes halogenated alkanes) is 8. The molecule has 0 aromatic carbocycles. The molecule has 0 saturated carbocycles. The third-order valence-corrected chi connectivity index (χ3v) is 3.81. The van der Waals surface area contributed by atoms with E-state index in [0.717, 1.165) is 13.2 Å². The van der Waals surface area contributed by atoms with Gasteiger partial charge in [-0.15, -0.1) is 0 Å². The minimum Gasteiger partial charge on any atom is -0.359 e. The maximum absolute atomic E-state index is 2.44.